The molecule has 0 unspecified atom stereocenters. The van der Waals surface area contributed by atoms with E-state index in [4.69, 9.17) is 5.11 Å². The summed E-state index contributed by atoms with van der Waals surface area (Å²) < 4.78 is 50.4. The third kappa shape index (κ3) is 3.27. The number of anilines is 1. The van der Waals surface area contributed by atoms with Crippen LogP contribution in [0.4, 0.5) is 14.5 Å². The van der Waals surface area contributed by atoms with Gasteiger partial charge in [0.2, 0.25) is 10.0 Å². The monoisotopic (exact) mass is 277 g/mol. The van der Waals surface area contributed by atoms with E-state index in [1.807, 2.05) is 4.72 Å². The first-order valence-corrected chi connectivity index (χ1v) is 6.26. The first-order chi connectivity index (χ1) is 8.26. The van der Waals surface area contributed by atoms with Gasteiger partial charge < -0.3 is 5.11 Å². The Hall–Kier alpha value is -1.96. The number of halogens is 2. The van der Waals surface area contributed by atoms with Crippen LogP contribution < -0.4 is 4.72 Å². The molecule has 0 radical (unpaired) electrons. The Bertz CT molecular complexity index is 598. The van der Waals surface area contributed by atoms with Gasteiger partial charge in [0.1, 0.15) is 0 Å². The van der Waals surface area contributed by atoms with Crippen LogP contribution in [-0.4, -0.2) is 25.2 Å². The highest BCUT2D eigenvalue weighted by Gasteiger charge is 2.18. The number of rotatable bonds is 5. The van der Waals surface area contributed by atoms with Crippen LogP contribution in [0.2, 0.25) is 0 Å². The van der Waals surface area contributed by atoms with Crippen molar-refractivity contribution in [3.8, 4) is 0 Å². The molecular weight excluding hydrogens is 268 g/mol. The van der Waals surface area contributed by atoms with E-state index in [0.29, 0.717) is 12.1 Å². The number of hydrogen-bond acceptors (Lipinski definition) is 3. The molecule has 0 fully saturated rings. The average molecular weight is 277 g/mol. The third-order valence-electron chi connectivity index (χ3n) is 1.89. The lowest BCUT2D eigenvalue weighted by Gasteiger charge is -2.09. The van der Waals surface area contributed by atoms with Crippen molar-refractivity contribution in [1.29, 1.82) is 0 Å². The quantitative estimate of drug-likeness (QED) is 0.800. The van der Waals surface area contributed by atoms with Gasteiger partial charge in [-0.15, -0.1) is 6.58 Å². The summed E-state index contributed by atoms with van der Waals surface area (Å²) in [5, 5.41) is 8.76. The molecule has 5 nitrogen and oxygen atoms in total. The molecule has 0 bridgehead atoms. The van der Waals surface area contributed by atoms with Crippen molar-refractivity contribution in [1.82, 2.24) is 0 Å². The summed E-state index contributed by atoms with van der Waals surface area (Å²) in [6.45, 7) is 3.21. The second-order valence-corrected chi connectivity index (χ2v) is 5.06. The van der Waals surface area contributed by atoms with Gasteiger partial charge in [-0.25, -0.2) is 22.0 Å². The molecule has 1 aromatic rings. The molecule has 1 rings (SSSR count). The number of benzene rings is 1. The number of hydrogen-bond donors (Lipinski definition) is 2. The van der Waals surface area contributed by atoms with Crippen molar-refractivity contribution in [2.45, 2.75) is 0 Å². The molecule has 0 aliphatic carbocycles. The summed E-state index contributed by atoms with van der Waals surface area (Å²) in [6, 6.07) is 0.878. The number of carboxylic acids is 1. The molecule has 0 amide bonds. The van der Waals surface area contributed by atoms with E-state index in [2.05, 4.69) is 6.58 Å². The smallest absolute Gasteiger partial charge is 0.337 e. The van der Waals surface area contributed by atoms with Crippen molar-refractivity contribution >= 4 is 21.7 Å². The van der Waals surface area contributed by atoms with Crippen molar-refractivity contribution in [2.75, 3.05) is 10.5 Å². The molecular formula is C10H9F2NO4S. The molecule has 2 N–H and O–H groups in total. The maximum Gasteiger partial charge on any atom is 0.337 e. The number of nitrogens with one attached hydrogen (secondary N) is 1. The van der Waals surface area contributed by atoms with Crippen LogP contribution in [0.15, 0.2) is 24.8 Å². The minimum absolute atomic E-state index is 0.406. The normalized spacial score (nSPS) is 11.0. The zero-order valence-electron chi connectivity index (χ0n) is 8.98. The van der Waals surface area contributed by atoms with Gasteiger partial charge in [-0.1, -0.05) is 6.08 Å². The largest absolute Gasteiger partial charge is 0.478 e. The Morgan fingerprint density at radius 3 is 2.44 bits per heavy atom. The van der Waals surface area contributed by atoms with Crippen LogP contribution in [0.1, 0.15) is 10.4 Å². The SMILES string of the molecule is C=CCS(=O)(=O)Nc1cc(F)c(F)cc1C(=O)O. The molecule has 0 aliphatic rings. The fourth-order valence-electron chi connectivity index (χ4n) is 1.17. The van der Waals surface area contributed by atoms with Gasteiger partial charge in [0.25, 0.3) is 0 Å². The Morgan fingerprint density at radius 2 is 1.94 bits per heavy atom. The highest BCUT2D eigenvalue weighted by atomic mass is 32.2. The van der Waals surface area contributed by atoms with Gasteiger partial charge in [0, 0.05) is 6.07 Å². The highest BCUT2D eigenvalue weighted by Crippen LogP contribution is 2.21. The van der Waals surface area contributed by atoms with E-state index in [1.165, 1.54) is 0 Å². The van der Waals surface area contributed by atoms with Crippen molar-refractivity contribution in [3.63, 3.8) is 0 Å². The van der Waals surface area contributed by atoms with Crippen LogP contribution in [0.5, 0.6) is 0 Å². The maximum absolute atomic E-state index is 13.0. The van der Waals surface area contributed by atoms with Crippen LogP contribution in [0.3, 0.4) is 0 Å². The lowest BCUT2D eigenvalue weighted by atomic mass is 10.2. The van der Waals surface area contributed by atoms with Crippen molar-refractivity contribution in [3.05, 3.63) is 42.0 Å². The van der Waals surface area contributed by atoms with Gasteiger partial charge in [-0.05, 0) is 6.07 Å². The number of sulfonamides is 1. The molecule has 0 saturated heterocycles. The number of aromatic carboxylic acids is 1. The van der Waals surface area contributed by atoms with Crippen LogP contribution in [-0.2, 0) is 10.0 Å². The number of carboxylic acid groups (broad SMARTS) is 1. The Kier molecular flexibility index (Phi) is 4.02. The molecule has 0 aliphatic heterocycles. The fourth-order valence-corrected chi connectivity index (χ4v) is 2.07. The van der Waals surface area contributed by atoms with Gasteiger partial charge >= 0.3 is 5.97 Å². The Balaban J connectivity index is 3.27. The molecule has 8 heteroatoms. The van der Waals surface area contributed by atoms with E-state index >= 15 is 0 Å². The summed E-state index contributed by atoms with van der Waals surface area (Å²) in [7, 11) is -3.89. The lowest BCUT2D eigenvalue weighted by molar-refractivity contribution is 0.0697. The van der Waals surface area contributed by atoms with Crippen LogP contribution >= 0.6 is 0 Å². The molecule has 1 aromatic carbocycles. The third-order valence-corrected chi connectivity index (χ3v) is 3.10. The molecule has 0 saturated carbocycles. The summed E-state index contributed by atoms with van der Waals surface area (Å²) in [5.41, 5.74) is -1.22. The summed E-state index contributed by atoms with van der Waals surface area (Å²) in [6.07, 6.45) is 1.07. The Morgan fingerprint density at radius 1 is 1.39 bits per heavy atom. The standard InChI is InChI=1S/C10H9F2NO4S/c1-2-3-18(16,17)13-9-5-8(12)7(11)4-6(9)10(14)15/h2,4-5,13H,1,3H2,(H,14,15). The predicted octanol–water partition coefficient (Wildman–Crippen LogP) is 1.59. The van der Waals surface area contributed by atoms with E-state index in [9.17, 15) is 22.0 Å². The summed E-state index contributed by atoms with van der Waals surface area (Å²) in [4.78, 5) is 10.8. The molecule has 0 aromatic heterocycles. The molecule has 98 valence electrons. The topological polar surface area (TPSA) is 83.5 Å². The first-order valence-electron chi connectivity index (χ1n) is 4.60. The molecule has 0 atom stereocenters. The van der Waals surface area contributed by atoms with E-state index in [0.717, 1.165) is 6.08 Å². The number of carbonyl (C=O) groups is 1. The minimum Gasteiger partial charge on any atom is -0.478 e. The van der Waals surface area contributed by atoms with Crippen LogP contribution in [0, 0.1) is 11.6 Å². The van der Waals surface area contributed by atoms with Crippen molar-refractivity contribution < 1.29 is 27.1 Å². The summed E-state index contributed by atoms with van der Waals surface area (Å²) >= 11 is 0. The lowest BCUT2D eigenvalue weighted by Crippen LogP contribution is -2.18. The maximum atomic E-state index is 13.0. The van der Waals surface area contributed by atoms with Gasteiger partial charge in [0.15, 0.2) is 11.6 Å². The fraction of sp³-hybridized carbons (Fsp3) is 0.100. The average Bonchev–Trinajstić information content (AvgIpc) is 2.22. The van der Waals surface area contributed by atoms with E-state index in [-0.39, 0.29) is 0 Å². The molecule has 0 spiro atoms. The van der Waals surface area contributed by atoms with E-state index < -0.39 is 44.6 Å². The van der Waals surface area contributed by atoms with Crippen molar-refractivity contribution in [2.24, 2.45) is 0 Å². The zero-order valence-corrected chi connectivity index (χ0v) is 9.80. The Labute approximate surface area is 102 Å². The first kappa shape index (κ1) is 14.1. The van der Waals surface area contributed by atoms with Gasteiger partial charge in [0.05, 0.1) is 17.0 Å². The molecule has 18 heavy (non-hydrogen) atoms. The highest BCUT2D eigenvalue weighted by molar-refractivity contribution is 7.92. The van der Waals surface area contributed by atoms with Gasteiger partial charge in [-0.2, -0.15) is 0 Å². The van der Waals surface area contributed by atoms with Crippen LogP contribution in [0.25, 0.3) is 0 Å². The zero-order chi connectivity index (χ0) is 13.9. The minimum atomic E-state index is -3.89. The summed E-state index contributed by atoms with van der Waals surface area (Å²) in [5.74, 6) is -4.79. The second kappa shape index (κ2) is 5.13. The van der Waals surface area contributed by atoms with Gasteiger partial charge in [-0.3, -0.25) is 4.72 Å². The second-order valence-electron chi connectivity index (χ2n) is 3.29. The van der Waals surface area contributed by atoms with E-state index in [1.54, 1.807) is 0 Å². The predicted molar refractivity (Wildman–Crippen MR) is 60.9 cm³/mol. The molecule has 0 heterocycles.